The lowest BCUT2D eigenvalue weighted by molar-refractivity contribution is 0.0914. The normalized spacial score (nSPS) is 16.2. The van der Waals surface area contributed by atoms with Crippen molar-refractivity contribution < 1.29 is 14.6 Å². The molecule has 6 heteroatoms. The predicted octanol–water partition coefficient (Wildman–Crippen LogP) is 1.12. The molecule has 2 rings (SSSR count). The molecule has 0 unspecified atom stereocenters. The summed E-state index contributed by atoms with van der Waals surface area (Å²) in [4.78, 5) is 14.2. The Bertz CT molecular complexity index is 546. The Balaban J connectivity index is 1.91. The number of benzene rings is 1. The highest BCUT2D eigenvalue weighted by atomic mass is 16.5. The Morgan fingerprint density at radius 2 is 2.24 bits per heavy atom. The van der Waals surface area contributed by atoms with Crippen LogP contribution in [-0.4, -0.2) is 48.7 Å². The van der Waals surface area contributed by atoms with Crippen LogP contribution >= 0.6 is 0 Å². The van der Waals surface area contributed by atoms with Crippen LogP contribution in [0.5, 0.6) is 11.5 Å². The van der Waals surface area contributed by atoms with Crippen LogP contribution in [0.25, 0.3) is 0 Å². The molecule has 6 nitrogen and oxygen atoms in total. The minimum atomic E-state index is -0.202. The molecular weight excluding hydrogens is 270 g/mol. The lowest BCUT2D eigenvalue weighted by Gasteiger charge is -2.30. The third-order valence-electron chi connectivity index (χ3n) is 3.66. The van der Waals surface area contributed by atoms with Gasteiger partial charge < -0.3 is 15.2 Å². The van der Waals surface area contributed by atoms with E-state index >= 15 is 0 Å². The first-order valence-corrected chi connectivity index (χ1v) is 6.91. The maximum Gasteiger partial charge on any atom is 0.251 e. The number of nitriles is 1. The summed E-state index contributed by atoms with van der Waals surface area (Å²) in [7, 11) is 1.46. The third kappa shape index (κ3) is 3.86. The van der Waals surface area contributed by atoms with Gasteiger partial charge in [-0.05, 0) is 31.0 Å². The van der Waals surface area contributed by atoms with Crippen molar-refractivity contribution >= 4 is 5.91 Å². The molecule has 0 aliphatic carbocycles. The Labute approximate surface area is 123 Å². The summed E-state index contributed by atoms with van der Waals surface area (Å²) >= 11 is 0. The van der Waals surface area contributed by atoms with Gasteiger partial charge in [0.25, 0.3) is 5.91 Å². The van der Waals surface area contributed by atoms with Gasteiger partial charge >= 0.3 is 0 Å². The van der Waals surface area contributed by atoms with Gasteiger partial charge in [0, 0.05) is 24.7 Å². The summed E-state index contributed by atoms with van der Waals surface area (Å²) in [6.45, 7) is 2.06. The molecule has 2 N–H and O–H groups in total. The lowest BCUT2D eigenvalue weighted by Crippen LogP contribution is -2.44. The van der Waals surface area contributed by atoms with Crippen LogP contribution in [-0.2, 0) is 0 Å². The van der Waals surface area contributed by atoms with Gasteiger partial charge in [0.05, 0.1) is 19.7 Å². The van der Waals surface area contributed by atoms with E-state index in [1.807, 2.05) is 0 Å². The van der Waals surface area contributed by atoms with Gasteiger partial charge in [0.15, 0.2) is 11.5 Å². The number of carbonyl (C=O) groups is 1. The van der Waals surface area contributed by atoms with Crippen LogP contribution in [0.4, 0.5) is 0 Å². The number of aromatic hydroxyl groups is 1. The second-order valence-electron chi connectivity index (χ2n) is 5.07. The maximum atomic E-state index is 12.1. The minimum absolute atomic E-state index is 0.0472. The number of piperidine rings is 1. The van der Waals surface area contributed by atoms with E-state index in [1.54, 1.807) is 12.1 Å². The fourth-order valence-corrected chi connectivity index (χ4v) is 2.44. The average molecular weight is 289 g/mol. The van der Waals surface area contributed by atoms with Crippen molar-refractivity contribution in [3.63, 3.8) is 0 Å². The number of phenols is 1. The number of amides is 1. The van der Waals surface area contributed by atoms with Crippen molar-refractivity contribution in [1.29, 1.82) is 5.26 Å². The zero-order valence-corrected chi connectivity index (χ0v) is 12.0. The van der Waals surface area contributed by atoms with Crippen LogP contribution in [0.1, 0.15) is 23.2 Å². The molecule has 1 aromatic rings. The van der Waals surface area contributed by atoms with Crippen molar-refractivity contribution in [1.82, 2.24) is 10.2 Å². The first-order valence-electron chi connectivity index (χ1n) is 6.91. The molecular formula is C15H19N3O3. The van der Waals surface area contributed by atoms with Gasteiger partial charge in [-0.3, -0.25) is 9.69 Å². The molecule has 1 heterocycles. The van der Waals surface area contributed by atoms with Gasteiger partial charge in [0.1, 0.15) is 0 Å². The molecule has 0 bridgehead atoms. The molecule has 1 saturated heterocycles. The second kappa shape index (κ2) is 6.95. The number of hydrogen-bond donors (Lipinski definition) is 2. The number of nitrogens with one attached hydrogen (secondary N) is 1. The molecule has 0 aromatic heterocycles. The average Bonchev–Trinajstić information content (AvgIpc) is 2.49. The van der Waals surface area contributed by atoms with Crippen molar-refractivity contribution in [3.8, 4) is 17.6 Å². The van der Waals surface area contributed by atoms with Gasteiger partial charge in [-0.15, -0.1) is 0 Å². The molecule has 1 fully saturated rings. The molecule has 0 atom stereocenters. The summed E-state index contributed by atoms with van der Waals surface area (Å²) in [5, 5.41) is 21.3. The van der Waals surface area contributed by atoms with E-state index in [1.165, 1.54) is 13.2 Å². The zero-order valence-electron chi connectivity index (χ0n) is 12.0. The van der Waals surface area contributed by atoms with E-state index in [2.05, 4.69) is 16.3 Å². The Kier molecular flexibility index (Phi) is 5.01. The first kappa shape index (κ1) is 15.1. The molecule has 0 spiro atoms. The Hall–Kier alpha value is -2.26. The Morgan fingerprint density at radius 1 is 1.52 bits per heavy atom. The lowest BCUT2D eigenvalue weighted by atomic mass is 10.0. The fourth-order valence-electron chi connectivity index (χ4n) is 2.44. The van der Waals surface area contributed by atoms with Gasteiger partial charge in [0.2, 0.25) is 0 Å². The molecule has 1 amide bonds. The van der Waals surface area contributed by atoms with E-state index in [4.69, 9.17) is 10.00 Å². The number of rotatable bonds is 4. The highest BCUT2D eigenvalue weighted by molar-refractivity contribution is 5.95. The topological polar surface area (TPSA) is 85.6 Å². The zero-order chi connectivity index (χ0) is 15.2. The predicted molar refractivity (Wildman–Crippen MR) is 77.2 cm³/mol. The summed E-state index contributed by atoms with van der Waals surface area (Å²) in [6, 6.07) is 6.84. The van der Waals surface area contributed by atoms with E-state index in [-0.39, 0.29) is 17.7 Å². The molecule has 112 valence electrons. The summed E-state index contributed by atoms with van der Waals surface area (Å²) < 4.78 is 4.95. The number of ether oxygens (including phenoxy) is 1. The molecule has 1 aliphatic heterocycles. The van der Waals surface area contributed by atoms with Crippen LogP contribution in [0.2, 0.25) is 0 Å². The van der Waals surface area contributed by atoms with Crippen molar-refractivity contribution in [3.05, 3.63) is 23.8 Å². The summed E-state index contributed by atoms with van der Waals surface area (Å²) in [6.07, 6.45) is 1.66. The van der Waals surface area contributed by atoms with E-state index in [0.717, 1.165) is 25.9 Å². The minimum Gasteiger partial charge on any atom is -0.504 e. The number of phenolic OH excluding ortho intramolecular Hbond substituents is 1. The molecule has 21 heavy (non-hydrogen) atoms. The highest BCUT2D eigenvalue weighted by Gasteiger charge is 2.21. The van der Waals surface area contributed by atoms with Crippen molar-refractivity contribution in [2.24, 2.45) is 0 Å². The third-order valence-corrected chi connectivity index (χ3v) is 3.66. The first-order chi connectivity index (χ1) is 10.1. The number of hydrogen-bond acceptors (Lipinski definition) is 5. The van der Waals surface area contributed by atoms with Crippen molar-refractivity contribution in [2.45, 2.75) is 18.9 Å². The molecule has 1 aliphatic rings. The number of likely N-dealkylation sites (tertiary alicyclic amines) is 1. The maximum absolute atomic E-state index is 12.1. The van der Waals surface area contributed by atoms with E-state index in [9.17, 15) is 9.90 Å². The van der Waals surface area contributed by atoms with E-state index < -0.39 is 0 Å². The fraction of sp³-hybridized carbons (Fsp3) is 0.467. The molecule has 0 radical (unpaired) electrons. The highest BCUT2D eigenvalue weighted by Crippen LogP contribution is 2.26. The van der Waals surface area contributed by atoms with Crippen LogP contribution < -0.4 is 10.1 Å². The second-order valence-corrected chi connectivity index (χ2v) is 5.07. The standard InChI is InChI=1S/C15H19N3O3/c1-21-14-3-2-11(10-13(14)19)15(20)17-12-4-7-18(8-5-12)9-6-16/h2-3,10,12,19H,4-5,7-9H2,1H3,(H,17,20). The SMILES string of the molecule is COc1ccc(C(=O)NC2CCN(CC#N)CC2)cc1O. The molecule has 1 aromatic carbocycles. The smallest absolute Gasteiger partial charge is 0.251 e. The van der Waals surface area contributed by atoms with Gasteiger partial charge in [-0.25, -0.2) is 0 Å². The number of nitrogens with zero attached hydrogens (tertiary/aromatic N) is 2. The van der Waals surface area contributed by atoms with E-state index in [0.29, 0.717) is 17.9 Å². The Morgan fingerprint density at radius 3 is 2.81 bits per heavy atom. The molecule has 0 saturated carbocycles. The number of methoxy groups -OCH3 is 1. The van der Waals surface area contributed by atoms with Crippen molar-refractivity contribution in [2.75, 3.05) is 26.7 Å². The van der Waals surface area contributed by atoms with Crippen LogP contribution in [0, 0.1) is 11.3 Å². The summed E-state index contributed by atoms with van der Waals surface area (Å²) in [5.41, 5.74) is 0.410. The van der Waals surface area contributed by atoms with Crippen LogP contribution in [0.3, 0.4) is 0 Å². The summed E-state index contributed by atoms with van der Waals surface area (Å²) in [5.74, 6) is 0.0945. The van der Waals surface area contributed by atoms with Gasteiger partial charge in [-0.2, -0.15) is 5.26 Å². The quantitative estimate of drug-likeness (QED) is 0.811. The monoisotopic (exact) mass is 289 g/mol. The van der Waals surface area contributed by atoms with Gasteiger partial charge in [-0.1, -0.05) is 0 Å². The van der Waals surface area contributed by atoms with Crippen LogP contribution in [0.15, 0.2) is 18.2 Å². The largest absolute Gasteiger partial charge is 0.504 e. The number of carbonyl (C=O) groups excluding carboxylic acids is 1.